The zero-order chi connectivity index (χ0) is 17.8. The number of benzene rings is 2. The van der Waals surface area contributed by atoms with Crippen molar-refractivity contribution < 1.29 is 9.90 Å². The number of rotatable bonds is 5. The van der Waals surface area contributed by atoms with Crippen LogP contribution in [0.2, 0.25) is 0 Å². The van der Waals surface area contributed by atoms with Gasteiger partial charge in [0.25, 0.3) is 0 Å². The number of aliphatic hydroxyl groups is 1. The fourth-order valence-corrected chi connectivity index (χ4v) is 3.33. The van der Waals surface area contributed by atoms with Crippen LogP contribution in [-0.2, 0) is 17.8 Å². The molecule has 4 heteroatoms. The molecule has 0 fully saturated rings. The van der Waals surface area contributed by atoms with Gasteiger partial charge in [0, 0.05) is 13.1 Å². The lowest BCUT2D eigenvalue weighted by Gasteiger charge is -2.31. The highest BCUT2D eigenvalue weighted by molar-refractivity contribution is 5.82. The normalized spacial score (nSPS) is 17.6. The molecule has 2 aromatic carbocycles. The molecule has 4 nitrogen and oxygen atoms in total. The molecule has 1 aliphatic rings. The molecule has 1 aliphatic heterocycles. The number of fused-ring (bicyclic) bond motifs is 1. The minimum Gasteiger partial charge on any atom is -0.387 e. The van der Waals surface area contributed by atoms with Crippen LogP contribution in [-0.4, -0.2) is 35.0 Å². The van der Waals surface area contributed by atoms with Gasteiger partial charge in [-0.3, -0.25) is 4.79 Å². The standard InChI is InChI=1S/C21H26N2O2/c1-3-23(14-20(24)16-10-8-15(2)9-11-16)21(25)19-12-17-6-4-5-7-18(17)13-22-19/h4-11,19-20,22,24H,3,12-14H2,1-2H3. The SMILES string of the molecule is CCN(CC(O)c1ccc(C)cc1)C(=O)C1Cc2ccccc2CN1. The van der Waals surface area contributed by atoms with Crippen molar-refractivity contribution in [2.24, 2.45) is 0 Å². The van der Waals surface area contributed by atoms with E-state index in [0.29, 0.717) is 26.1 Å². The minimum atomic E-state index is -0.666. The minimum absolute atomic E-state index is 0.0585. The number of nitrogens with zero attached hydrogens (tertiary/aromatic N) is 1. The smallest absolute Gasteiger partial charge is 0.240 e. The van der Waals surface area contributed by atoms with Gasteiger partial charge in [0.15, 0.2) is 0 Å². The molecule has 0 spiro atoms. The topological polar surface area (TPSA) is 52.6 Å². The highest BCUT2D eigenvalue weighted by atomic mass is 16.3. The Balaban J connectivity index is 1.66. The first-order valence-electron chi connectivity index (χ1n) is 8.92. The Morgan fingerprint density at radius 3 is 2.56 bits per heavy atom. The number of hydrogen-bond acceptors (Lipinski definition) is 3. The molecular formula is C21H26N2O2. The zero-order valence-electron chi connectivity index (χ0n) is 14.9. The molecule has 0 saturated carbocycles. The van der Waals surface area contributed by atoms with E-state index in [1.54, 1.807) is 4.90 Å². The van der Waals surface area contributed by atoms with E-state index in [9.17, 15) is 9.90 Å². The lowest BCUT2D eigenvalue weighted by molar-refractivity contribution is -0.135. The van der Waals surface area contributed by atoms with Crippen molar-refractivity contribution in [3.8, 4) is 0 Å². The summed E-state index contributed by atoms with van der Waals surface area (Å²) in [5, 5.41) is 13.8. The van der Waals surface area contributed by atoms with Gasteiger partial charge in [0.2, 0.25) is 5.91 Å². The van der Waals surface area contributed by atoms with Crippen molar-refractivity contribution in [3.63, 3.8) is 0 Å². The fourth-order valence-electron chi connectivity index (χ4n) is 3.33. The Labute approximate surface area is 149 Å². The van der Waals surface area contributed by atoms with Crippen molar-refractivity contribution in [1.82, 2.24) is 10.2 Å². The summed E-state index contributed by atoms with van der Waals surface area (Å²) < 4.78 is 0. The van der Waals surface area contributed by atoms with Crippen LogP contribution in [0.25, 0.3) is 0 Å². The van der Waals surface area contributed by atoms with E-state index < -0.39 is 6.10 Å². The number of likely N-dealkylation sites (N-methyl/N-ethyl adjacent to an activating group) is 1. The van der Waals surface area contributed by atoms with Gasteiger partial charge in [-0.05, 0) is 37.0 Å². The summed E-state index contributed by atoms with van der Waals surface area (Å²) in [4.78, 5) is 14.7. The second-order valence-corrected chi connectivity index (χ2v) is 6.71. The molecule has 2 aromatic rings. The summed E-state index contributed by atoms with van der Waals surface area (Å²) in [6.45, 7) is 5.59. The van der Waals surface area contributed by atoms with Crippen LogP contribution in [0.1, 0.15) is 35.3 Å². The molecule has 2 N–H and O–H groups in total. The zero-order valence-corrected chi connectivity index (χ0v) is 14.9. The van der Waals surface area contributed by atoms with Crippen LogP contribution in [0.4, 0.5) is 0 Å². The van der Waals surface area contributed by atoms with E-state index in [2.05, 4.69) is 17.4 Å². The summed E-state index contributed by atoms with van der Waals surface area (Å²) in [5.74, 6) is 0.0585. The maximum Gasteiger partial charge on any atom is 0.240 e. The largest absolute Gasteiger partial charge is 0.387 e. The first-order valence-corrected chi connectivity index (χ1v) is 8.92. The van der Waals surface area contributed by atoms with Crippen LogP contribution < -0.4 is 5.32 Å². The predicted molar refractivity (Wildman–Crippen MR) is 99.2 cm³/mol. The van der Waals surface area contributed by atoms with Gasteiger partial charge in [-0.15, -0.1) is 0 Å². The third-order valence-electron chi connectivity index (χ3n) is 4.93. The lowest BCUT2D eigenvalue weighted by Crippen LogP contribution is -2.50. The molecular weight excluding hydrogens is 312 g/mol. The van der Waals surface area contributed by atoms with Crippen LogP contribution >= 0.6 is 0 Å². The number of aliphatic hydroxyl groups excluding tert-OH is 1. The van der Waals surface area contributed by atoms with Gasteiger partial charge in [-0.1, -0.05) is 54.1 Å². The van der Waals surface area contributed by atoms with Crippen molar-refractivity contribution >= 4 is 5.91 Å². The Kier molecular flexibility index (Phi) is 5.51. The first-order chi connectivity index (χ1) is 12.1. The fraction of sp³-hybridized carbons (Fsp3) is 0.381. The molecule has 25 heavy (non-hydrogen) atoms. The summed E-state index contributed by atoms with van der Waals surface area (Å²) in [7, 11) is 0. The number of amides is 1. The molecule has 1 heterocycles. The van der Waals surface area contributed by atoms with Crippen LogP contribution in [0.15, 0.2) is 48.5 Å². The molecule has 0 aliphatic carbocycles. The van der Waals surface area contributed by atoms with Crippen LogP contribution in [0, 0.1) is 6.92 Å². The lowest BCUT2D eigenvalue weighted by atomic mass is 9.95. The third kappa shape index (κ3) is 4.09. The second-order valence-electron chi connectivity index (χ2n) is 6.71. The highest BCUT2D eigenvalue weighted by Gasteiger charge is 2.28. The van der Waals surface area contributed by atoms with E-state index in [4.69, 9.17) is 0 Å². The molecule has 2 unspecified atom stereocenters. The summed E-state index contributed by atoms with van der Waals surface area (Å²) >= 11 is 0. The van der Waals surface area contributed by atoms with Crippen molar-refractivity contribution in [3.05, 3.63) is 70.8 Å². The van der Waals surface area contributed by atoms with Crippen molar-refractivity contribution in [2.75, 3.05) is 13.1 Å². The van der Waals surface area contributed by atoms with Gasteiger partial charge in [-0.2, -0.15) is 0 Å². The monoisotopic (exact) mass is 338 g/mol. The molecule has 0 radical (unpaired) electrons. The number of hydrogen-bond donors (Lipinski definition) is 2. The Morgan fingerprint density at radius 1 is 1.20 bits per heavy atom. The van der Waals surface area contributed by atoms with E-state index >= 15 is 0 Å². The van der Waals surface area contributed by atoms with Gasteiger partial charge in [0.05, 0.1) is 18.7 Å². The molecule has 3 rings (SSSR count). The van der Waals surface area contributed by atoms with Crippen LogP contribution in [0.5, 0.6) is 0 Å². The quantitative estimate of drug-likeness (QED) is 0.881. The molecule has 2 atom stereocenters. The second kappa shape index (κ2) is 7.81. The van der Waals surface area contributed by atoms with Gasteiger partial charge < -0.3 is 15.3 Å². The number of aryl methyl sites for hydroxylation is 1. The molecule has 0 bridgehead atoms. The maximum atomic E-state index is 12.9. The third-order valence-corrected chi connectivity index (χ3v) is 4.93. The molecule has 0 saturated heterocycles. The highest BCUT2D eigenvalue weighted by Crippen LogP contribution is 2.19. The van der Waals surface area contributed by atoms with Gasteiger partial charge >= 0.3 is 0 Å². The van der Waals surface area contributed by atoms with Crippen LogP contribution in [0.3, 0.4) is 0 Å². The predicted octanol–water partition coefficient (Wildman–Crippen LogP) is 2.59. The number of carbonyl (C=O) groups is 1. The van der Waals surface area contributed by atoms with E-state index in [-0.39, 0.29) is 11.9 Å². The average Bonchev–Trinajstić information content (AvgIpc) is 2.65. The molecule has 0 aromatic heterocycles. The number of nitrogens with one attached hydrogen (secondary N) is 1. The number of carbonyl (C=O) groups excluding carboxylic acids is 1. The Hall–Kier alpha value is -2.17. The van der Waals surface area contributed by atoms with Crippen molar-refractivity contribution in [1.29, 1.82) is 0 Å². The van der Waals surface area contributed by atoms with E-state index in [1.807, 2.05) is 50.2 Å². The van der Waals surface area contributed by atoms with Crippen molar-refractivity contribution in [2.45, 2.75) is 39.0 Å². The van der Waals surface area contributed by atoms with Gasteiger partial charge in [-0.25, -0.2) is 0 Å². The van der Waals surface area contributed by atoms with E-state index in [0.717, 1.165) is 11.1 Å². The average molecular weight is 338 g/mol. The Morgan fingerprint density at radius 2 is 1.88 bits per heavy atom. The molecule has 132 valence electrons. The summed E-state index contributed by atoms with van der Waals surface area (Å²) in [6.07, 6.45) is 0.0342. The first kappa shape index (κ1) is 17.6. The maximum absolute atomic E-state index is 12.9. The Bertz CT molecular complexity index is 727. The molecule has 1 amide bonds. The van der Waals surface area contributed by atoms with E-state index in [1.165, 1.54) is 11.1 Å². The summed E-state index contributed by atoms with van der Waals surface area (Å²) in [5.41, 5.74) is 4.49. The van der Waals surface area contributed by atoms with Gasteiger partial charge in [0.1, 0.15) is 0 Å². The summed E-state index contributed by atoms with van der Waals surface area (Å²) in [6, 6.07) is 15.8.